The summed E-state index contributed by atoms with van der Waals surface area (Å²) in [6.45, 7) is 5.00. The third-order valence-electron chi connectivity index (χ3n) is 4.34. The highest BCUT2D eigenvalue weighted by Crippen LogP contribution is 2.21. The molecule has 144 valence electrons. The summed E-state index contributed by atoms with van der Waals surface area (Å²) >= 11 is 0. The van der Waals surface area contributed by atoms with E-state index in [9.17, 15) is 17.6 Å². The number of rotatable bonds is 4. The van der Waals surface area contributed by atoms with Crippen molar-refractivity contribution in [3.63, 3.8) is 0 Å². The van der Waals surface area contributed by atoms with E-state index in [1.54, 1.807) is 17.0 Å². The Balaban J connectivity index is 1.74. The average Bonchev–Trinajstić information content (AvgIpc) is 2.61. The Morgan fingerprint density at radius 2 is 1.93 bits per heavy atom. The van der Waals surface area contributed by atoms with Crippen LogP contribution in [0.2, 0.25) is 0 Å². The van der Waals surface area contributed by atoms with Gasteiger partial charge in [0.05, 0.1) is 17.6 Å². The second-order valence-corrected chi connectivity index (χ2v) is 8.18. The smallest absolute Gasteiger partial charge is 0.262 e. The van der Waals surface area contributed by atoms with E-state index in [-0.39, 0.29) is 16.9 Å². The number of carbonyl (C=O) groups is 1. The van der Waals surface area contributed by atoms with Crippen LogP contribution < -0.4 is 4.72 Å². The summed E-state index contributed by atoms with van der Waals surface area (Å²) in [5.41, 5.74) is 1.12. The molecule has 0 saturated carbocycles. The van der Waals surface area contributed by atoms with Crippen LogP contribution in [0, 0.1) is 12.7 Å². The maximum absolute atomic E-state index is 13.2. The summed E-state index contributed by atoms with van der Waals surface area (Å²) < 4.78 is 46.1. The molecule has 1 saturated heterocycles. The zero-order valence-electron chi connectivity index (χ0n) is 15.1. The van der Waals surface area contributed by atoms with Gasteiger partial charge < -0.3 is 9.64 Å². The minimum absolute atomic E-state index is 0.00589. The Morgan fingerprint density at radius 1 is 1.22 bits per heavy atom. The van der Waals surface area contributed by atoms with Gasteiger partial charge in [-0.15, -0.1) is 0 Å². The Hall–Kier alpha value is -2.45. The van der Waals surface area contributed by atoms with E-state index < -0.39 is 15.8 Å². The van der Waals surface area contributed by atoms with Gasteiger partial charge in [0.15, 0.2) is 0 Å². The van der Waals surface area contributed by atoms with Crippen molar-refractivity contribution in [2.75, 3.05) is 24.4 Å². The molecule has 1 aliphatic heterocycles. The highest BCUT2D eigenvalue weighted by Gasteiger charge is 2.23. The van der Waals surface area contributed by atoms with Gasteiger partial charge in [-0.05, 0) is 61.9 Å². The van der Waals surface area contributed by atoms with Crippen LogP contribution in [-0.2, 0) is 14.8 Å². The molecule has 1 unspecified atom stereocenters. The van der Waals surface area contributed by atoms with Crippen LogP contribution in [0.3, 0.4) is 0 Å². The maximum atomic E-state index is 13.2. The van der Waals surface area contributed by atoms with Crippen LogP contribution in [0.15, 0.2) is 47.4 Å². The van der Waals surface area contributed by atoms with Crippen LogP contribution >= 0.6 is 0 Å². The highest BCUT2D eigenvalue weighted by atomic mass is 32.2. The third kappa shape index (κ3) is 4.45. The van der Waals surface area contributed by atoms with E-state index >= 15 is 0 Å². The van der Waals surface area contributed by atoms with Gasteiger partial charge in [0.2, 0.25) is 0 Å². The average molecular weight is 392 g/mol. The minimum atomic E-state index is -3.85. The van der Waals surface area contributed by atoms with Gasteiger partial charge in [0.25, 0.3) is 15.9 Å². The molecule has 0 bridgehead atoms. The Morgan fingerprint density at radius 3 is 2.56 bits per heavy atom. The molecule has 1 N–H and O–H groups in total. The Bertz CT molecular complexity index is 945. The summed E-state index contributed by atoms with van der Waals surface area (Å²) in [5, 5.41) is 0. The number of hydrogen-bond acceptors (Lipinski definition) is 4. The van der Waals surface area contributed by atoms with Gasteiger partial charge in [-0.3, -0.25) is 9.52 Å². The predicted octanol–water partition coefficient (Wildman–Crippen LogP) is 2.80. The zero-order chi connectivity index (χ0) is 19.6. The second-order valence-electron chi connectivity index (χ2n) is 6.53. The molecule has 0 aliphatic carbocycles. The van der Waals surface area contributed by atoms with E-state index in [1.165, 1.54) is 31.2 Å². The van der Waals surface area contributed by atoms with Crippen molar-refractivity contribution >= 4 is 21.6 Å². The first kappa shape index (κ1) is 19.3. The van der Waals surface area contributed by atoms with Gasteiger partial charge in [0.1, 0.15) is 5.82 Å². The van der Waals surface area contributed by atoms with Gasteiger partial charge in [-0.25, -0.2) is 12.8 Å². The van der Waals surface area contributed by atoms with Crippen LogP contribution in [-0.4, -0.2) is 45.0 Å². The fourth-order valence-corrected chi connectivity index (χ4v) is 4.28. The van der Waals surface area contributed by atoms with Crippen molar-refractivity contribution in [2.24, 2.45) is 0 Å². The maximum Gasteiger partial charge on any atom is 0.262 e. The minimum Gasteiger partial charge on any atom is -0.375 e. The molecule has 0 spiro atoms. The largest absolute Gasteiger partial charge is 0.375 e. The number of carbonyl (C=O) groups excluding carboxylic acids is 1. The van der Waals surface area contributed by atoms with Gasteiger partial charge in [-0.2, -0.15) is 0 Å². The molecular formula is C19H21FN2O4S. The zero-order valence-corrected chi connectivity index (χ0v) is 15.9. The quantitative estimate of drug-likeness (QED) is 0.868. The van der Waals surface area contributed by atoms with Crippen molar-refractivity contribution in [1.82, 2.24) is 4.90 Å². The number of amides is 1. The number of halogens is 1. The molecule has 8 heteroatoms. The van der Waals surface area contributed by atoms with Gasteiger partial charge in [0, 0.05) is 24.3 Å². The highest BCUT2D eigenvalue weighted by molar-refractivity contribution is 7.92. The fourth-order valence-electron chi connectivity index (χ4n) is 2.99. The molecule has 1 heterocycles. The molecule has 2 aromatic carbocycles. The third-order valence-corrected chi connectivity index (χ3v) is 5.88. The molecule has 1 atom stereocenters. The van der Waals surface area contributed by atoms with E-state index in [1.807, 2.05) is 6.92 Å². The molecule has 1 amide bonds. The van der Waals surface area contributed by atoms with Crippen LogP contribution in [0.4, 0.5) is 10.1 Å². The van der Waals surface area contributed by atoms with Crippen molar-refractivity contribution in [1.29, 1.82) is 0 Å². The fraction of sp³-hybridized carbons (Fsp3) is 0.316. The number of anilines is 1. The molecule has 1 fully saturated rings. The lowest BCUT2D eigenvalue weighted by Crippen LogP contribution is -2.44. The van der Waals surface area contributed by atoms with Crippen LogP contribution in [0.25, 0.3) is 0 Å². The van der Waals surface area contributed by atoms with Gasteiger partial charge >= 0.3 is 0 Å². The number of hydrogen-bond donors (Lipinski definition) is 1. The van der Waals surface area contributed by atoms with E-state index in [0.717, 1.165) is 6.07 Å². The lowest BCUT2D eigenvalue weighted by atomic mass is 10.1. The van der Waals surface area contributed by atoms with Crippen LogP contribution in [0.5, 0.6) is 0 Å². The Kier molecular flexibility index (Phi) is 5.48. The molecule has 1 aliphatic rings. The lowest BCUT2D eigenvalue weighted by Gasteiger charge is -2.31. The molecular weight excluding hydrogens is 371 g/mol. The summed E-state index contributed by atoms with van der Waals surface area (Å²) in [6.07, 6.45) is -0.00673. The van der Waals surface area contributed by atoms with Crippen molar-refractivity contribution in [3.8, 4) is 0 Å². The molecule has 0 radical (unpaired) electrons. The number of sulfonamides is 1. The monoisotopic (exact) mass is 392 g/mol. The molecule has 27 heavy (non-hydrogen) atoms. The number of aryl methyl sites for hydroxylation is 1. The summed E-state index contributed by atoms with van der Waals surface area (Å²) in [7, 11) is -3.85. The van der Waals surface area contributed by atoms with E-state index in [0.29, 0.717) is 36.5 Å². The van der Waals surface area contributed by atoms with Gasteiger partial charge in [-0.1, -0.05) is 0 Å². The summed E-state index contributed by atoms with van der Waals surface area (Å²) in [5.74, 6) is -0.610. The second kappa shape index (κ2) is 7.66. The summed E-state index contributed by atoms with van der Waals surface area (Å²) in [4.78, 5) is 14.3. The molecule has 3 rings (SSSR count). The topological polar surface area (TPSA) is 75.7 Å². The SMILES string of the molecule is Cc1cc(F)ccc1S(=O)(=O)Nc1ccc(C(=O)N2CCOC(C)C2)cc1. The molecule has 0 aromatic heterocycles. The molecule has 6 nitrogen and oxygen atoms in total. The predicted molar refractivity (Wildman–Crippen MR) is 99.7 cm³/mol. The number of nitrogens with zero attached hydrogens (tertiary/aromatic N) is 1. The van der Waals surface area contributed by atoms with Crippen molar-refractivity contribution in [3.05, 3.63) is 59.4 Å². The van der Waals surface area contributed by atoms with Crippen molar-refractivity contribution < 1.29 is 22.3 Å². The first-order valence-electron chi connectivity index (χ1n) is 8.56. The van der Waals surface area contributed by atoms with Crippen molar-refractivity contribution in [2.45, 2.75) is 24.8 Å². The summed E-state index contributed by atoms with van der Waals surface area (Å²) in [6, 6.07) is 9.73. The number of morpholine rings is 1. The van der Waals surface area contributed by atoms with Crippen LogP contribution in [0.1, 0.15) is 22.8 Å². The standard InChI is InChI=1S/C19H21FN2O4S/c1-13-11-16(20)5-8-18(13)27(24,25)21-17-6-3-15(4-7-17)19(23)22-9-10-26-14(2)12-22/h3-8,11,14,21H,9-10,12H2,1-2H3. The first-order valence-corrected chi connectivity index (χ1v) is 10.0. The van der Waals surface area contributed by atoms with E-state index in [4.69, 9.17) is 4.74 Å². The molecule has 2 aromatic rings. The van der Waals surface area contributed by atoms with E-state index in [2.05, 4.69) is 4.72 Å². The normalized spacial score (nSPS) is 17.6. The number of benzene rings is 2. The Labute approximate surface area is 158 Å². The first-order chi connectivity index (χ1) is 12.8. The number of nitrogens with one attached hydrogen (secondary N) is 1. The number of ether oxygens (including phenoxy) is 1. The lowest BCUT2D eigenvalue weighted by molar-refractivity contribution is -0.0124.